The van der Waals surface area contributed by atoms with Gasteiger partial charge in [0.15, 0.2) is 5.96 Å². The molecule has 1 rings (SSSR count). The number of carbonyl (C=O) groups is 1. The number of aliphatic imine (C=N–C) groups is 1. The maximum Gasteiger partial charge on any atom is 0.222 e. The highest BCUT2D eigenvalue weighted by Crippen LogP contribution is 2.09. The summed E-state index contributed by atoms with van der Waals surface area (Å²) in [5.74, 6) is 1.20. The summed E-state index contributed by atoms with van der Waals surface area (Å²) in [5, 5.41) is 6.82. The summed E-state index contributed by atoms with van der Waals surface area (Å²) in [6.45, 7) is 15.5. The molecule has 0 spiro atoms. The van der Waals surface area contributed by atoms with Crippen molar-refractivity contribution in [2.45, 2.75) is 65.8 Å². The minimum atomic E-state index is 0.302. The third-order valence-electron chi connectivity index (χ3n) is 4.76. The Morgan fingerprint density at radius 1 is 1.28 bits per heavy atom. The second kappa shape index (κ2) is 13.0. The lowest BCUT2D eigenvalue weighted by Gasteiger charge is -2.21. The van der Waals surface area contributed by atoms with E-state index in [1.807, 2.05) is 4.90 Å². The average Bonchev–Trinajstić information content (AvgIpc) is 3.00. The van der Waals surface area contributed by atoms with Gasteiger partial charge in [0.2, 0.25) is 5.91 Å². The summed E-state index contributed by atoms with van der Waals surface area (Å²) < 4.78 is 0. The summed E-state index contributed by atoms with van der Waals surface area (Å²) in [4.78, 5) is 20.7. The first-order chi connectivity index (χ1) is 12.1. The number of nitrogens with zero attached hydrogens (tertiary/aromatic N) is 3. The van der Waals surface area contributed by atoms with Gasteiger partial charge in [-0.1, -0.05) is 13.8 Å². The lowest BCUT2D eigenvalue weighted by atomic mass is 10.2. The van der Waals surface area contributed by atoms with E-state index in [9.17, 15) is 4.79 Å². The molecular formula is C19H39N5O. The zero-order valence-corrected chi connectivity index (χ0v) is 16.8. The quantitative estimate of drug-likeness (QED) is 0.320. The van der Waals surface area contributed by atoms with E-state index in [0.29, 0.717) is 11.9 Å². The molecule has 1 fully saturated rings. The van der Waals surface area contributed by atoms with Crippen molar-refractivity contribution in [1.82, 2.24) is 20.4 Å². The van der Waals surface area contributed by atoms with Crippen LogP contribution in [0.15, 0.2) is 4.99 Å². The number of rotatable bonds is 12. The summed E-state index contributed by atoms with van der Waals surface area (Å²) in [6, 6.07) is 0.411. The molecule has 146 valence electrons. The fourth-order valence-electron chi connectivity index (χ4n) is 3.18. The Hall–Kier alpha value is -1.30. The normalized spacial score (nSPS) is 16.6. The summed E-state index contributed by atoms with van der Waals surface area (Å²) in [5.41, 5.74) is 0. The van der Waals surface area contributed by atoms with Crippen molar-refractivity contribution >= 4 is 11.9 Å². The minimum absolute atomic E-state index is 0.302. The van der Waals surface area contributed by atoms with Crippen LogP contribution in [0.25, 0.3) is 0 Å². The van der Waals surface area contributed by atoms with Gasteiger partial charge in [-0.2, -0.15) is 0 Å². The van der Waals surface area contributed by atoms with Crippen LogP contribution in [0.5, 0.6) is 0 Å². The molecule has 6 heteroatoms. The third-order valence-corrected chi connectivity index (χ3v) is 4.76. The number of guanidine groups is 1. The van der Waals surface area contributed by atoms with Crippen LogP contribution in [0.4, 0.5) is 0 Å². The molecule has 0 radical (unpaired) electrons. The van der Waals surface area contributed by atoms with E-state index in [0.717, 1.165) is 77.5 Å². The number of hydrogen-bond donors (Lipinski definition) is 2. The molecule has 0 aliphatic carbocycles. The molecule has 1 aliphatic heterocycles. The van der Waals surface area contributed by atoms with E-state index in [1.54, 1.807) is 0 Å². The minimum Gasteiger partial charge on any atom is -0.357 e. The van der Waals surface area contributed by atoms with E-state index < -0.39 is 0 Å². The van der Waals surface area contributed by atoms with Crippen LogP contribution in [0.3, 0.4) is 0 Å². The van der Waals surface area contributed by atoms with Crippen LogP contribution in [-0.2, 0) is 4.79 Å². The van der Waals surface area contributed by atoms with Gasteiger partial charge in [0.05, 0.1) is 0 Å². The van der Waals surface area contributed by atoms with Gasteiger partial charge in [0.1, 0.15) is 0 Å². The van der Waals surface area contributed by atoms with Crippen molar-refractivity contribution in [2.75, 3.05) is 45.8 Å². The van der Waals surface area contributed by atoms with Gasteiger partial charge in [0, 0.05) is 38.6 Å². The van der Waals surface area contributed by atoms with Gasteiger partial charge < -0.3 is 20.4 Å². The first-order valence-electron chi connectivity index (χ1n) is 10.2. The van der Waals surface area contributed by atoms with Crippen LogP contribution in [0.2, 0.25) is 0 Å². The van der Waals surface area contributed by atoms with Crippen LogP contribution in [-0.4, -0.2) is 73.5 Å². The van der Waals surface area contributed by atoms with Gasteiger partial charge in [-0.25, -0.2) is 0 Å². The monoisotopic (exact) mass is 353 g/mol. The van der Waals surface area contributed by atoms with E-state index in [4.69, 9.17) is 0 Å². The SMILES string of the molecule is CCNC(=NCCCN1CCCC1=O)NC(C)CCCN(CC)CC. The zero-order chi connectivity index (χ0) is 18.5. The smallest absolute Gasteiger partial charge is 0.222 e. The lowest BCUT2D eigenvalue weighted by Crippen LogP contribution is -2.42. The van der Waals surface area contributed by atoms with Gasteiger partial charge in [-0.3, -0.25) is 9.79 Å². The summed E-state index contributed by atoms with van der Waals surface area (Å²) in [7, 11) is 0. The highest BCUT2D eigenvalue weighted by Gasteiger charge is 2.18. The highest BCUT2D eigenvalue weighted by atomic mass is 16.2. The first-order valence-corrected chi connectivity index (χ1v) is 10.2. The van der Waals surface area contributed by atoms with E-state index in [-0.39, 0.29) is 0 Å². The van der Waals surface area contributed by atoms with E-state index in [1.165, 1.54) is 6.42 Å². The molecule has 0 aromatic rings. The van der Waals surface area contributed by atoms with Gasteiger partial charge in [-0.15, -0.1) is 0 Å². The summed E-state index contributed by atoms with van der Waals surface area (Å²) >= 11 is 0. The predicted molar refractivity (Wildman–Crippen MR) is 106 cm³/mol. The standard InChI is InChI=1S/C19H39N5O/c1-5-20-19(21-13-10-16-24-15-9-12-18(24)25)22-17(4)11-8-14-23(6-2)7-3/h17H,5-16H2,1-4H3,(H2,20,21,22). The number of carbonyl (C=O) groups excluding carboxylic acids is 1. The van der Waals surface area contributed by atoms with Crippen molar-refractivity contribution in [3.8, 4) is 0 Å². The van der Waals surface area contributed by atoms with Crippen LogP contribution < -0.4 is 10.6 Å². The van der Waals surface area contributed by atoms with E-state index in [2.05, 4.69) is 48.2 Å². The van der Waals surface area contributed by atoms with Crippen LogP contribution >= 0.6 is 0 Å². The maximum absolute atomic E-state index is 11.6. The molecule has 1 saturated heterocycles. The Morgan fingerprint density at radius 2 is 2.04 bits per heavy atom. The topological polar surface area (TPSA) is 60.0 Å². The van der Waals surface area contributed by atoms with Gasteiger partial charge in [0.25, 0.3) is 0 Å². The molecule has 1 atom stereocenters. The number of hydrogen-bond acceptors (Lipinski definition) is 3. The molecule has 0 saturated carbocycles. The fourth-order valence-corrected chi connectivity index (χ4v) is 3.18. The van der Waals surface area contributed by atoms with Crippen molar-refractivity contribution in [3.63, 3.8) is 0 Å². The second-order valence-corrected chi connectivity index (χ2v) is 6.81. The summed E-state index contributed by atoms with van der Waals surface area (Å²) in [6.07, 6.45) is 5.00. The molecule has 1 aliphatic rings. The Kier molecular flexibility index (Phi) is 11.3. The molecule has 1 heterocycles. The average molecular weight is 354 g/mol. The Morgan fingerprint density at radius 3 is 2.64 bits per heavy atom. The van der Waals surface area contributed by atoms with Crippen molar-refractivity contribution in [1.29, 1.82) is 0 Å². The molecule has 0 bridgehead atoms. The van der Waals surface area contributed by atoms with Crippen LogP contribution in [0, 0.1) is 0 Å². The van der Waals surface area contributed by atoms with Crippen molar-refractivity contribution in [3.05, 3.63) is 0 Å². The number of nitrogens with one attached hydrogen (secondary N) is 2. The molecule has 1 unspecified atom stereocenters. The molecule has 0 aromatic carbocycles. The molecule has 6 nitrogen and oxygen atoms in total. The van der Waals surface area contributed by atoms with Crippen LogP contribution in [0.1, 0.15) is 59.8 Å². The second-order valence-electron chi connectivity index (χ2n) is 6.81. The van der Waals surface area contributed by atoms with Gasteiger partial charge >= 0.3 is 0 Å². The Bertz CT molecular complexity index is 395. The molecule has 0 aromatic heterocycles. The molecule has 1 amide bonds. The fraction of sp³-hybridized carbons (Fsp3) is 0.895. The number of amides is 1. The molecule has 2 N–H and O–H groups in total. The largest absolute Gasteiger partial charge is 0.357 e. The van der Waals surface area contributed by atoms with E-state index >= 15 is 0 Å². The Labute approximate surface area is 154 Å². The first kappa shape index (κ1) is 21.7. The molecule has 25 heavy (non-hydrogen) atoms. The van der Waals surface area contributed by atoms with Crippen molar-refractivity contribution < 1.29 is 4.79 Å². The van der Waals surface area contributed by atoms with Crippen molar-refractivity contribution in [2.24, 2.45) is 4.99 Å². The highest BCUT2D eigenvalue weighted by molar-refractivity contribution is 5.80. The zero-order valence-electron chi connectivity index (χ0n) is 16.8. The Balaban J connectivity index is 2.27. The predicted octanol–water partition coefficient (Wildman–Crippen LogP) is 2.06. The maximum atomic E-state index is 11.6. The van der Waals surface area contributed by atoms with Gasteiger partial charge in [-0.05, 0) is 59.2 Å². The third kappa shape index (κ3) is 9.10. The number of likely N-dealkylation sites (tertiary alicyclic amines) is 1. The lowest BCUT2D eigenvalue weighted by molar-refractivity contribution is -0.127. The molecular weight excluding hydrogens is 314 g/mol.